The molecule has 2 aromatic rings. The molecule has 2 heterocycles. The van der Waals surface area contributed by atoms with Gasteiger partial charge in [0.15, 0.2) is 0 Å². The molecule has 1 amide bonds. The topological polar surface area (TPSA) is 78.7 Å². The van der Waals surface area contributed by atoms with Gasteiger partial charge in [0.05, 0.1) is 16.2 Å². The van der Waals surface area contributed by atoms with Crippen molar-refractivity contribution in [2.75, 3.05) is 47.9 Å². The van der Waals surface area contributed by atoms with Crippen LogP contribution in [0, 0.1) is 17.0 Å². The first-order valence-electron chi connectivity index (χ1n) is 11.3. The van der Waals surface area contributed by atoms with Gasteiger partial charge in [0.25, 0.3) is 11.6 Å². The van der Waals surface area contributed by atoms with Crippen molar-refractivity contribution in [3.05, 3.63) is 63.2 Å². The third kappa shape index (κ3) is 5.42. The number of hydrogen-bond acceptors (Lipinski definition) is 6. The molecule has 2 aromatic carbocycles. The predicted molar refractivity (Wildman–Crippen MR) is 131 cm³/mol. The van der Waals surface area contributed by atoms with Gasteiger partial charge in [-0.1, -0.05) is 12.1 Å². The highest BCUT2D eigenvalue weighted by Crippen LogP contribution is 2.29. The molecule has 8 heteroatoms. The second kappa shape index (κ2) is 10.4. The molecule has 2 aliphatic rings. The number of aryl methyl sites for hydroxylation is 1. The first kappa shape index (κ1) is 22.6. The number of rotatable bonds is 6. The molecule has 32 heavy (non-hydrogen) atoms. The van der Waals surface area contributed by atoms with Gasteiger partial charge in [-0.15, -0.1) is 0 Å². The minimum Gasteiger partial charge on any atom is -0.371 e. The van der Waals surface area contributed by atoms with E-state index in [-0.39, 0.29) is 11.6 Å². The fraction of sp³-hybridized carbons (Fsp3) is 0.458. The van der Waals surface area contributed by atoms with E-state index in [1.807, 2.05) is 30.8 Å². The van der Waals surface area contributed by atoms with Crippen LogP contribution in [0.5, 0.6) is 0 Å². The predicted octanol–water partition coefficient (Wildman–Crippen LogP) is 4.69. The number of nitrogens with one attached hydrogen (secondary N) is 1. The molecule has 0 aliphatic carbocycles. The number of hydrogen-bond donors (Lipinski definition) is 1. The van der Waals surface area contributed by atoms with Gasteiger partial charge in [0.2, 0.25) is 0 Å². The van der Waals surface area contributed by atoms with Crippen LogP contribution >= 0.6 is 11.8 Å². The summed E-state index contributed by atoms with van der Waals surface area (Å²) in [6.45, 7) is 6.71. The van der Waals surface area contributed by atoms with Crippen LogP contribution in [0.2, 0.25) is 0 Å². The smallest absolute Gasteiger partial charge is 0.270 e. The highest BCUT2D eigenvalue weighted by molar-refractivity contribution is 7.99. The number of carbonyl (C=O) groups excluding carboxylic acids is 1. The van der Waals surface area contributed by atoms with E-state index in [9.17, 15) is 14.9 Å². The first-order chi connectivity index (χ1) is 15.5. The molecule has 2 saturated heterocycles. The fourth-order valence-corrected chi connectivity index (χ4v) is 5.32. The number of nitro benzene ring substituents is 1. The number of benzene rings is 2. The zero-order valence-corrected chi connectivity index (χ0v) is 19.3. The Morgan fingerprint density at radius 1 is 1.06 bits per heavy atom. The number of non-ortho nitro benzene ring substituents is 1. The van der Waals surface area contributed by atoms with Crippen LogP contribution in [0.3, 0.4) is 0 Å². The molecule has 0 saturated carbocycles. The third-order valence-corrected chi connectivity index (χ3v) is 7.13. The van der Waals surface area contributed by atoms with Crippen LogP contribution in [-0.4, -0.2) is 53.4 Å². The molecule has 7 nitrogen and oxygen atoms in total. The van der Waals surface area contributed by atoms with Gasteiger partial charge in [-0.25, -0.2) is 0 Å². The van der Waals surface area contributed by atoms with Gasteiger partial charge in [-0.2, -0.15) is 11.8 Å². The Balaban J connectivity index is 1.58. The maximum atomic E-state index is 13.3. The monoisotopic (exact) mass is 454 g/mol. The van der Waals surface area contributed by atoms with E-state index in [2.05, 4.69) is 21.2 Å². The van der Waals surface area contributed by atoms with Gasteiger partial charge >= 0.3 is 0 Å². The molecule has 170 valence electrons. The third-order valence-electron chi connectivity index (χ3n) is 6.19. The molecule has 1 N–H and O–H groups in total. The number of thioether (sulfide) groups is 1. The molecular weight excluding hydrogens is 424 g/mol. The Morgan fingerprint density at radius 2 is 1.81 bits per heavy atom. The maximum Gasteiger partial charge on any atom is 0.270 e. The summed E-state index contributed by atoms with van der Waals surface area (Å²) in [5.41, 5.74) is 3.96. The summed E-state index contributed by atoms with van der Waals surface area (Å²) in [6, 6.07) is 10.8. The average Bonchev–Trinajstić information content (AvgIpc) is 2.82. The van der Waals surface area contributed by atoms with Crippen molar-refractivity contribution in [2.45, 2.75) is 32.7 Å². The Kier molecular flexibility index (Phi) is 7.32. The molecule has 0 aromatic heterocycles. The molecule has 0 atom stereocenters. The lowest BCUT2D eigenvalue weighted by molar-refractivity contribution is -0.384. The lowest BCUT2D eigenvalue weighted by atomic mass is 10.0. The largest absolute Gasteiger partial charge is 0.371 e. The van der Waals surface area contributed by atoms with Crippen LogP contribution in [0.1, 0.15) is 40.7 Å². The minimum absolute atomic E-state index is 0.0654. The molecular formula is C24H30N4O3S. The van der Waals surface area contributed by atoms with Crippen LogP contribution < -0.4 is 10.2 Å². The average molecular weight is 455 g/mol. The lowest BCUT2D eigenvalue weighted by Gasteiger charge is -2.30. The minimum atomic E-state index is -0.445. The quantitative estimate of drug-likeness (QED) is 0.504. The van der Waals surface area contributed by atoms with E-state index in [4.69, 9.17) is 0 Å². The van der Waals surface area contributed by atoms with E-state index in [0.29, 0.717) is 5.56 Å². The lowest BCUT2D eigenvalue weighted by Crippen LogP contribution is -2.32. The summed E-state index contributed by atoms with van der Waals surface area (Å²) >= 11 is 1.99. The summed E-state index contributed by atoms with van der Waals surface area (Å²) in [5, 5.41) is 14.4. The molecule has 0 bridgehead atoms. The van der Waals surface area contributed by atoms with Gasteiger partial charge in [-0.3, -0.25) is 19.8 Å². The first-order valence-corrected chi connectivity index (χ1v) is 12.4. The zero-order chi connectivity index (χ0) is 22.5. The van der Waals surface area contributed by atoms with E-state index >= 15 is 0 Å². The second-order valence-electron chi connectivity index (χ2n) is 8.50. The molecule has 0 spiro atoms. The summed E-state index contributed by atoms with van der Waals surface area (Å²) in [4.78, 5) is 28.8. The van der Waals surface area contributed by atoms with Crippen molar-refractivity contribution < 1.29 is 9.72 Å². The summed E-state index contributed by atoms with van der Waals surface area (Å²) < 4.78 is 0. The number of anilines is 2. The Hall–Kier alpha value is -2.58. The van der Waals surface area contributed by atoms with Gasteiger partial charge in [0, 0.05) is 62.0 Å². The van der Waals surface area contributed by atoms with Crippen molar-refractivity contribution in [3.8, 4) is 0 Å². The summed E-state index contributed by atoms with van der Waals surface area (Å²) in [5.74, 6) is 2.01. The maximum absolute atomic E-state index is 13.3. The van der Waals surface area contributed by atoms with Crippen molar-refractivity contribution in [3.63, 3.8) is 0 Å². The Labute approximate surface area is 193 Å². The Morgan fingerprint density at radius 3 is 2.53 bits per heavy atom. The molecule has 2 aliphatic heterocycles. The number of carbonyl (C=O) groups is 1. The van der Waals surface area contributed by atoms with E-state index in [1.165, 1.54) is 18.6 Å². The van der Waals surface area contributed by atoms with Gasteiger partial charge in [-0.05, 0) is 49.4 Å². The van der Waals surface area contributed by atoms with Crippen LogP contribution in [0.15, 0.2) is 36.4 Å². The van der Waals surface area contributed by atoms with Crippen LogP contribution in [0.25, 0.3) is 0 Å². The summed E-state index contributed by atoms with van der Waals surface area (Å²) in [6.07, 6.45) is 3.30. The van der Waals surface area contributed by atoms with Crippen LogP contribution in [0.4, 0.5) is 17.1 Å². The second-order valence-corrected chi connectivity index (χ2v) is 9.72. The highest BCUT2D eigenvalue weighted by atomic mass is 32.2. The summed E-state index contributed by atoms with van der Waals surface area (Å²) in [7, 11) is 0. The number of piperidine rings is 1. The standard InChI is InChI=1S/C24H30N4O3S/c1-18-5-6-19(17-26-11-13-32-14-12-26)15-22(18)25-24(29)21-16-20(28(30)31)7-8-23(21)27-9-3-2-4-10-27/h5-8,15-16H,2-4,9-14,17H2,1H3,(H,25,29). The molecule has 4 rings (SSSR count). The normalized spacial score (nSPS) is 17.2. The van der Waals surface area contributed by atoms with Crippen molar-refractivity contribution >= 4 is 34.7 Å². The van der Waals surface area contributed by atoms with E-state index < -0.39 is 4.92 Å². The number of nitro groups is 1. The Bertz CT molecular complexity index is 985. The number of amides is 1. The van der Waals surface area contributed by atoms with Gasteiger partial charge in [0.1, 0.15) is 0 Å². The van der Waals surface area contributed by atoms with Crippen molar-refractivity contribution in [1.29, 1.82) is 0 Å². The zero-order valence-electron chi connectivity index (χ0n) is 18.5. The van der Waals surface area contributed by atoms with Crippen molar-refractivity contribution in [1.82, 2.24) is 4.90 Å². The number of nitrogens with zero attached hydrogens (tertiary/aromatic N) is 3. The van der Waals surface area contributed by atoms with Crippen molar-refractivity contribution in [2.24, 2.45) is 0 Å². The van der Waals surface area contributed by atoms with Crippen LogP contribution in [-0.2, 0) is 6.54 Å². The molecule has 0 radical (unpaired) electrons. The molecule has 2 fully saturated rings. The highest BCUT2D eigenvalue weighted by Gasteiger charge is 2.22. The molecule has 0 unspecified atom stereocenters. The van der Waals surface area contributed by atoms with Gasteiger partial charge < -0.3 is 10.2 Å². The van der Waals surface area contributed by atoms with E-state index in [0.717, 1.165) is 79.6 Å². The van der Waals surface area contributed by atoms with E-state index in [1.54, 1.807) is 6.07 Å². The SMILES string of the molecule is Cc1ccc(CN2CCSCC2)cc1NC(=O)c1cc([N+](=O)[O-])ccc1N1CCCCC1. The fourth-order valence-electron chi connectivity index (χ4n) is 4.34.